The Morgan fingerprint density at radius 3 is 2.33 bits per heavy atom. The quantitative estimate of drug-likeness (QED) is 0.456. The Morgan fingerprint density at radius 2 is 1.78 bits per heavy atom. The summed E-state index contributed by atoms with van der Waals surface area (Å²) in [4.78, 5) is 11.6. The smallest absolute Gasteiger partial charge is 0.337 e. The predicted octanol–water partition coefficient (Wildman–Crippen LogP) is 3.77. The summed E-state index contributed by atoms with van der Waals surface area (Å²) in [5.74, 6) is -0.334. The Balaban J connectivity index is 2.92. The number of carbonyl (C=O) groups is 1. The number of ether oxygens (including phenoxy) is 1. The van der Waals surface area contributed by atoms with Gasteiger partial charge in [-0.15, -0.1) is 0 Å². The molecule has 0 atom stereocenters. The first-order valence-corrected chi connectivity index (χ1v) is 5.80. The number of hydrogen-bond acceptors (Lipinski definition) is 2. The van der Waals surface area contributed by atoms with E-state index in [1.54, 1.807) is 12.2 Å². The molecule has 0 aliphatic rings. The summed E-state index contributed by atoms with van der Waals surface area (Å²) in [5.41, 5.74) is 2.71. The maximum atomic E-state index is 11.6. The minimum atomic E-state index is -0.334. The molecule has 0 N–H and O–H groups in total. The molecule has 1 rings (SSSR count). The first-order chi connectivity index (χ1) is 8.63. The second kappa shape index (κ2) is 7.28. The van der Waals surface area contributed by atoms with Crippen LogP contribution < -0.4 is 0 Å². The van der Waals surface area contributed by atoms with Gasteiger partial charge in [0.25, 0.3) is 0 Å². The first kappa shape index (κ1) is 14.0. The van der Waals surface area contributed by atoms with Crippen LogP contribution in [0.3, 0.4) is 0 Å². The van der Waals surface area contributed by atoms with Crippen molar-refractivity contribution in [3.8, 4) is 0 Å². The molecular formula is C16H18O2. The van der Waals surface area contributed by atoms with Crippen LogP contribution in [0.2, 0.25) is 0 Å². The number of allylic oxidation sites excluding steroid dienone is 3. The Hall–Kier alpha value is -2.09. The van der Waals surface area contributed by atoms with Crippen molar-refractivity contribution >= 4 is 12.0 Å². The molecule has 0 bridgehead atoms. The molecule has 0 spiro atoms. The molecule has 1 aromatic rings. The van der Waals surface area contributed by atoms with E-state index in [4.69, 9.17) is 4.74 Å². The number of esters is 1. The molecule has 0 fully saturated rings. The van der Waals surface area contributed by atoms with E-state index in [-0.39, 0.29) is 5.97 Å². The topological polar surface area (TPSA) is 26.3 Å². The molecule has 0 aliphatic heterocycles. The molecule has 2 nitrogen and oxygen atoms in total. The molecule has 0 aliphatic carbocycles. The van der Waals surface area contributed by atoms with Gasteiger partial charge in [0, 0.05) is 0 Å². The summed E-state index contributed by atoms with van der Waals surface area (Å²) in [7, 11) is 1.38. The van der Waals surface area contributed by atoms with Crippen LogP contribution in [0.25, 0.3) is 6.08 Å². The summed E-state index contributed by atoms with van der Waals surface area (Å²) in [6.07, 6.45) is 7.31. The third-order valence-electron chi connectivity index (χ3n) is 2.27. The van der Waals surface area contributed by atoms with Crippen LogP contribution in [0.5, 0.6) is 0 Å². The van der Waals surface area contributed by atoms with Crippen molar-refractivity contribution in [3.05, 3.63) is 65.3 Å². The monoisotopic (exact) mass is 242 g/mol. The third-order valence-corrected chi connectivity index (χ3v) is 2.27. The van der Waals surface area contributed by atoms with Crippen LogP contribution in [0.15, 0.2) is 59.7 Å². The maximum absolute atomic E-state index is 11.6. The number of hydrogen-bond donors (Lipinski definition) is 0. The largest absolute Gasteiger partial charge is 0.465 e. The van der Waals surface area contributed by atoms with Crippen molar-refractivity contribution < 1.29 is 9.53 Å². The van der Waals surface area contributed by atoms with Crippen molar-refractivity contribution in [3.63, 3.8) is 0 Å². The van der Waals surface area contributed by atoms with Crippen LogP contribution in [-0.2, 0) is 9.53 Å². The van der Waals surface area contributed by atoms with Crippen LogP contribution in [0, 0.1) is 0 Å². The molecular weight excluding hydrogens is 224 g/mol. The molecule has 0 heterocycles. The van der Waals surface area contributed by atoms with E-state index in [0.29, 0.717) is 5.57 Å². The molecule has 94 valence electrons. The van der Waals surface area contributed by atoms with Crippen molar-refractivity contribution in [1.29, 1.82) is 0 Å². The van der Waals surface area contributed by atoms with Crippen LogP contribution in [0.1, 0.15) is 19.4 Å². The first-order valence-electron chi connectivity index (χ1n) is 5.80. The van der Waals surface area contributed by atoms with E-state index < -0.39 is 0 Å². The zero-order valence-electron chi connectivity index (χ0n) is 11.0. The third kappa shape index (κ3) is 4.83. The molecule has 0 radical (unpaired) electrons. The van der Waals surface area contributed by atoms with E-state index in [1.807, 2.05) is 56.3 Å². The van der Waals surface area contributed by atoms with Crippen molar-refractivity contribution in [2.45, 2.75) is 13.8 Å². The molecule has 1 aromatic carbocycles. The number of carbonyl (C=O) groups excluding carboxylic acids is 1. The summed E-state index contributed by atoms with van der Waals surface area (Å²) < 4.78 is 4.75. The van der Waals surface area contributed by atoms with Gasteiger partial charge in [-0.2, -0.15) is 0 Å². The van der Waals surface area contributed by atoms with Crippen molar-refractivity contribution in [2.75, 3.05) is 7.11 Å². The van der Waals surface area contributed by atoms with Gasteiger partial charge in [-0.05, 0) is 31.6 Å². The Bertz CT molecular complexity index is 475. The minimum absolute atomic E-state index is 0.334. The fourth-order valence-corrected chi connectivity index (χ4v) is 1.32. The summed E-state index contributed by atoms with van der Waals surface area (Å²) >= 11 is 0. The van der Waals surface area contributed by atoms with Gasteiger partial charge in [0.15, 0.2) is 0 Å². The lowest BCUT2D eigenvalue weighted by atomic mass is 10.1. The van der Waals surface area contributed by atoms with E-state index >= 15 is 0 Å². The van der Waals surface area contributed by atoms with Crippen molar-refractivity contribution in [2.24, 2.45) is 0 Å². The van der Waals surface area contributed by atoms with Gasteiger partial charge in [0.1, 0.15) is 0 Å². The van der Waals surface area contributed by atoms with E-state index in [9.17, 15) is 4.79 Å². The number of benzene rings is 1. The van der Waals surface area contributed by atoms with Gasteiger partial charge < -0.3 is 4.74 Å². The van der Waals surface area contributed by atoms with Crippen LogP contribution in [0.4, 0.5) is 0 Å². The van der Waals surface area contributed by atoms with E-state index in [2.05, 4.69) is 0 Å². The normalized spacial score (nSPS) is 11.4. The van der Waals surface area contributed by atoms with E-state index in [0.717, 1.165) is 11.1 Å². The van der Waals surface area contributed by atoms with Gasteiger partial charge in [-0.3, -0.25) is 0 Å². The number of methoxy groups -OCH3 is 1. The SMILES string of the molecule is COC(=O)C(=C\C=C(C)C)/C=C/c1ccccc1. The zero-order chi connectivity index (χ0) is 13.4. The molecule has 0 unspecified atom stereocenters. The fourth-order valence-electron chi connectivity index (χ4n) is 1.32. The molecule has 0 amide bonds. The lowest BCUT2D eigenvalue weighted by molar-refractivity contribution is -0.135. The second-order valence-electron chi connectivity index (χ2n) is 4.10. The predicted molar refractivity (Wildman–Crippen MR) is 75.0 cm³/mol. The standard InChI is InChI=1S/C16H18O2/c1-13(2)9-11-15(16(17)18-3)12-10-14-7-5-4-6-8-14/h4-12H,1-3H3/b12-10+,15-11-. The number of rotatable bonds is 4. The minimum Gasteiger partial charge on any atom is -0.465 e. The highest BCUT2D eigenvalue weighted by Crippen LogP contribution is 2.07. The highest BCUT2D eigenvalue weighted by Gasteiger charge is 2.04. The fraction of sp³-hybridized carbons (Fsp3) is 0.188. The Morgan fingerprint density at radius 1 is 1.11 bits per heavy atom. The van der Waals surface area contributed by atoms with Gasteiger partial charge in [-0.25, -0.2) is 4.79 Å². The molecule has 0 aromatic heterocycles. The summed E-state index contributed by atoms with van der Waals surface area (Å²) in [6, 6.07) is 9.82. The van der Waals surface area contributed by atoms with Gasteiger partial charge in [0.2, 0.25) is 0 Å². The van der Waals surface area contributed by atoms with Gasteiger partial charge in [0.05, 0.1) is 12.7 Å². The maximum Gasteiger partial charge on any atom is 0.337 e. The molecule has 2 heteroatoms. The average Bonchev–Trinajstić information content (AvgIpc) is 2.39. The van der Waals surface area contributed by atoms with Crippen LogP contribution >= 0.6 is 0 Å². The molecule has 18 heavy (non-hydrogen) atoms. The van der Waals surface area contributed by atoms with Gasteiger partial charge >= 0.3 is 5.97 Å². The molecule has 0 saturated heterocycles. The van der Waals surface area contributed by atoms with Crippen LogP contribution in [-0.4, -0.2) is 13.1 Å². The lowest BCUT2D eigenvalue weighted by Gasteiger charge is -1.99. The zero-order valence-corrected chi connectivity index (χ0v) is 11.0. The Labute approximate surface area is 108 Å². The summed E-state index contributed by atoms with van der Waals surface area (Å²) in [5, 5.41) is 0. The molecule has 0 saturated carbocycles. The lowest BCUT2D eigenvalue weighted by Crippen LogP contribution is -2.02. The van der Waals surface area contributed by atoms with E-state index in [1.165, 1.54) is 7.11 Å². The second-order valence-corrected chi connectivity index (χ2v) is 4.10. The van der Waals surface area contributed by atoms with Crippen molar-refractivity contribution in [1.82, 2.24) is 0 Å². The highest BCUT2D eigenvalue weighted by atomic mass is 16.5. The summed E-state index contributed by atoms with van der Waals surface area (Å²) in [6.45, 7) is 3.96. The highest BCUT2D eigenvalue weighted by molar-refractivity contribution is 5.93. The van der Waals surface area contributed by atoms with Gasteiger partial charge in [-0.1, -0.05) is 48.1 Å². The average molecular weight is 242 g/mol. The Kier molecular flexibility index (Phi) is 5.65.